The van der Waals surface area contributed by atoms with Gasteiger partial charge in [-0.15, -0.1) is 0 Å². The molecule has 0 amide bonds. The summed E-state index contributed by atoms with van der Waals surface area (Å²) in [5.41, 5.74) is 0.786. The Morgan fingerprint density at radius 2 is 1.80 bits per heavy atom. The average molecular weight is 331 g/mol. The van der Waals surface area contributed by atoms with Crippen LogP contribution in [0.15, 0.2) is 42.5 Å². The zero-order valence-corrected chi connectivity index (χ0v) is 13.1. The maximum atomic E-state index is 6.08. The van der Waals surface area contributed by atoms with E-state index in [1.54, 1.807) is 24.3 Å². The molecule has 0 aliphatic carbocycles. The van der Waals surface area contributed by atoms with Crippen LogP contribution in [0, 0.1) is 0 Å². The van der Waals surface area contributed by atoms with E-state index in [1.807, 2.05) is 25.1 Å². The number of anilines is 1. The van der Waals surface area contributed by atoms with E-state index >= 15 is 0 Å². The maximum Gasteiger partial charge on any atom is 0.138 e. The van der Waals surface area contributed by atoms with Gasteiger partial charge in [-0.25, -0.2) is 0 Å². The second-order valence-corrected chi connectivity index (χ2v) is 5.61. The lowest BCUT2D eigenvalue weighted by Crippen LogP contribution is -2.22. The van der Waals surface area contributed by atoms with Crippen LogP contribution < -0.4 is 10.1 Å². The first-order valence-electron chi connectivity index (χ1n) is 6.16. The molecule has 0 radical (unpaired) electrons. The minimum atomic E-state index is -0.0649. The number of benzene rings is 2. The first-order valence-corrected chi connectivity index (χ1v) is 7.30. The van der Waals surface area contributed by atoms with Gasteiger partial charge in [-0.1, -0.05) is 46.9 Å². The molecule has 5 heteroatoms. The number of ether oxygens (including phenoxy) is 1. The van der Waals surface area contributed by atoms with Gasteiger partial charge in [-0.3, -0.25) is 0 Å². The summed E-state index contributed by atoms with van der Waals surface area (Å²) in [6.07, 6.45) is -0.0649. The predicted octanol–water partition coefficient (Wildman–Crippen LogP) is 5.53. The van der Waals surface area contributed by atoms with Crippen molar-refractivity contribution in [3.05, 3.63) is 57.5 Å². The largest absolute Gasteiger partial charge is 0.487 e. The first-order chi connectivity index (χ1) is 9.56. The molecule has 2 aromatic rings. The molecule has 0 saturated carbocycles. The highest BCUT2D eigenvalue weighted by Gasteiger charge is 2.08. The molecule has 0 fully saturated rings. The zero-order valence-electron chi connectivity index (χ0n) is 10.9. The molecule has 2 nitrogen and oxygen atoms in total. The standard InChI is InChI=1S/C15H14Cl3NO/c1-10(20-15-5-3-2-4-13(15)18)9-19-14-8-11(16)6-7-12(14)17/h2-8,10,19H,9H2,1H3. The van der Waals surface area contributed by atoms with Gasteiger partial charge < -0.3 is 10.1 Å². The van der Waals surface area contributed by atoms with Gasteiger partial charge in [0.05, 0.1) is 22.3 Å². The number of rotatable bonds is 5. The van der Waals surface area contributed by atoms with Crippen LogP contribution in [0.2, 0.25) is 15.1 Å². The van der Waals surface area contributed by atoms with E-state index in [4.69, 9.17) is 39.5 Å². The molecule has 106 valence electrons. The molecule has 1 atom stereocenters. The molecule has 1 N–H and O–H groups in total. The first kappa shape index (κ1) is 15.3. The Balaban J connectivity index is 1.94. The summed E-state index contributed by atoms with van der Waals surface area (Å²) in [6.45, 7) is 2.54. The maximum absolute atomic E-state index is 6.08. The third kappa shape index (κ3) is 4.20. The average Bonchev–Trinajstić information content (AvgIpc) is 2.42. The van der Waals surface area contributed by atoms with Crippen molar-refractivity contribution < 1.29 is 4.74 Å². The molecule has 0 aliphatic heterocycles. The van der Waals surface area contributed by atoms with Crippen molar-refractivity contribution in [2.75, 3.05) is 11.9 Å². The third-order valence-electron chi connectivity index (χ3n) is 2.67. The van der Waals surface area contributed by atoms with Gasteiger partial charge >= 0.3 is 0 Å². The molecule has 0 bridgehead atoms. The molecular formula is C15H14Cl3NO. The lowest BCUT2D eigenvalue weighted by atomic mass is 10.3. The van der Waals surface area contributed by atoms with Crippen molar-refractivity contribution in [2.45, 2.75) is 13.0 Å². The smallest absolute Gasteiger partial charge is 0.138 e. The Labute approximate surface area is 133 Å². The van der Waals surface area contributed by atoms with Crippen molar-refractivity contribution in [1.29, 1.82) is 0 Å². The molecule has 0 aromatic heterocycles. The van der Waals surface area contributed by atoms with Crippen LogP contribution in [0.25, 0.3) is 0 Å². The molecule has 0 saturated heterocycles. The van der Waals surface area contributed by atoms with E-state index in [2.05, 4.69) is 5.32 Å². The second kappa shape index (κ2) is 7.07. The van der Waals surface area contributed by atoms with E-state index in [0.717, 1.165) is 5.69 Å². The van der Waals surface area contributed by atoms with E-state index in [0.29, 0.717) is 27.4 Å². The van der Waals surface area contributed by atoms with Crippen LogP contribution in [-0.2, 0) is 0 Å². The second-order valence-electron chi connectivity index (χ2n) is 4.36. The highest BCUT2D eigenvalue weighted by Crippen LogP contribution is 2.26. The lowest BCUT2D eigenvalue weighted by Gasteiger charge is -2.17. The minimum absolute atomic E-state index is 0.0649. The summed E-state index contributed by atoms with van der Waals surface area (Å²) >= 11 is 18.1. The highest BCUT2D eigenvalue weighted by molar-refractivity contribution is 6.35. The van der Waals surface area contributed by atoms with Crippen LogP contribution in [-0.4, -0.2) is 12.6 Å². The van der Waals surface area contributed by atoms with Crippen LogP contribution in [0.5, 0.6) is 5.75 Å². The molecule has 0 aliphatic rings. The van der Waals surface area contributed by atoms with Crippen LogP contribution in [0.3, 0.4) is 0 Å². The Hall–Kier alpha value is -1.09. The lowest BCUT2D eigenvalue weighted by molar-refractivity contribution is 0.235. The fourth-order valence-corrected chi connectivity index (χ4v) is 2.22. The van der Waals surface area contributed by atoms with Crippen LogP contribution in [0.1, 0.15) is 6.92 Å². The molecule has 0 heterocycles. The van der Waals surface area contributed by atoms with E-state index in [9.17, 15) is 0 Å². The summed E-state index contributed by atoms with van der Waals surface area (Å²) in [4.78, 5) is 0. The van der Waals surface area contributed by atoms with Crippen molar-refractivity contribution in [2.24, 2.45) is 0 Å². The van der Waals surface area contributed by atoms with Gasteiger partial charge in [0, 0.05) is 5.02 Å². The van der Waals surface area contributed by atoms with Gasteiger partial charge in [0.1, 0.15) is 11.9 Å². The molecule has 2 rings (SSSR count). The van der Waals surface area contributed by atoms with Gasteiger partial charge in [0.25, 0.3) is 0 Å². The quantitative estimate of drug-likeness (QED) is 0.778. The molecule has 1 unspecified atom stereocenters. The van der Waals surface area contributed by atoms with Crippen molar-refractivity contribution in [1.82, 2.24) is 0 Å². The van der Waals surface area contributed by atoms with E-state index in [1.165, 1.54) is 0 Å². The fourth-order valence-electron chi connectivity index (χ4n) is 1.69. The Bertz CT molecular complexity index is 589. The number of halogens is 3. The topological polar surface area (TPSA) is 21.3 Å². The Morgan fingerprint density at radius 1 is 1.05 bits per heavy atom. The molecule has 2 aromatic carbocycles. The van der Waals surface area contributed by atoms with Gasteiger partial charge in [-0.2, -0.15) is 0 Å². The summed E-state index contributed by atoms with van der Waals surface area (Å²) in [5.74, 6) is 0.667. The van der Waals surface area contributed by atoms with Gasteiger partial charge in [-0.05, 0) is 37.3 Å². The van der Waals surface area contributed by atoms with Crippen molar-refractivity contribution in [3.8, 4) is 5.75 Å². The van der Waals surface area contributed by atoms with Gasteiger partial charge in [0.15, 0.2) is 0 Å². The number of hydrogen-bond acceptors (Lipinski definition) is 2. The minimum Gasteiger partial charge on any atom is -0.487 e. The number of nitrogens with one attached hydrogen (secondary N) is 1. The number of hydrogen-bond donors (Lipinski definition) is 1. The van der Waals surface area contributed by atoms with E-state index < -0.39 is 0 Å². The SMILES string of the molecule is CC(CNc1cc(Cl)ccc1Cl)Oc1ccccc1Cl. The predicted molar refractivity (Wildman–Crippen MR) is 86.5 cm³/mol. The summed E-state index contributed by atoms with van der Waals surface area (Å²) in [7, 11) is 0. The summed E-state index contributed by atoms with van der Waals surface area (Å²) < 4.78 is 5.77. The Morgan fingerprint density at radius 3 is 2.55 bits per heavy atom. The molecule has 0 spiro atoms. The van der Waals surface area contributed by atoms with Gasteiger partial charge in [0.2, 0.25) is 0 Å². The Kier molecular flexibility index (Phi) is 5.41. The zero-order chi connectivity index (χ0) is 14.5. The highest BCUT2D eigenvalue weighted by atomic mass is 35.5. The molecule has 20 heavy (non-hydrogen) atoms. The monoisotopic (exact) mass is 329 g/mol. The summed E-state index contributed by atoms with van der Waals surface area (Å²) in [5, 5.41) is 5.07. The van der Waals surface area contributed by atoms with Crippen LogP contribution >= 0.6 is 34.8 Å². The van der Waals surface area contributed by atoms with Crippen molar-refractivity contribution >= 4 is 40.5 Å². The van der Waals surface area contributed by atoms with E-state index in [-0.39, 0.29) is 6.10 Å². The number of para-hydroxylation sites is 1. The third-order valence-corrected chi connectivity index (χ3v) is 3.55. The normalized spacial score (nSPS) is 12.0. The summed E-state index contributed by atoms with van der Waals surface area (Å²) in [6, 6.07) is 12.7. The van der Waals surface area contributed by atoms with Crippen molar-refractivity contribution in [3.63, 3.8) is 0 Å². The fraction of sp³-hybridized carbons (Fsp3) is 0.200. The van der Waals surface area contributed by atoms with Crippen LogP contribution in [0.4, 0.5) is 5.69 Å². The molecular weight excluding hydrogens is 317 g/mol.